The van der Waals surface area contributed by atoms with E-state index in [-0.39, 0.29) is 17.2 Å². The number of likely N-dealkylation sites (N-methyl/N-ethyl adjacent to an activating group) is 1. The second kappa shape index (κ2) is 9.56. The molecule has 0 aliphatic carbocycles. The van der Waals surface area contributed by atoms with Crippen molar-refractivity contribution in [2.75, 3.05) is 26.2 Å². The number of rotatable bonds is 8. The molecule has 5 heteroatoms. The quantitative estimate of drug-likeness (QED) is 0.760. The van der Waals surface area contributed by atoms with E-state index in [0.717, 1.165) is 19.6 Å². The van der Waals surface area contributed by atoms with Crippen LogP contribution in [-0.2, 0) is 10.2 Å². The van der Waals surface area contributed by atoms with Crippen molar-refractivity contribution in [2.45, 2.75) is 53.0 Å². The van der Waals surface area contributed by atoms with Crippen molar-refractivity contribution in [1.29, 1.82) is 0 Å². The molecule has 0 saturated carbocycles. The Labute approximate surface area is 152 Å². The van der Waals surface area contributed by atoms with Crippen LogP contribution >= 0.6 is 0 Å². The highest BCUT2D eigenvalue weighted by Gasteiger charge is 2.18. The van der Waals surface area contributed by atoms with Crippen molar-refractivity contribution < 1.29 is 9.59 Å². The van der Waals surface area contributed by atoms with Crippen LogP contribution in [0.25, 0.3) is 0 Å². The predicted octanol–water partition coefficient (Wildman–Crippen LogP) is 2.56. The second-order valence-corrected chi connectivity index (χ2v) is 7.34. The molecule has 0 aromatic heterocycles. The molecule has 140 valence electrons. The van der Waals surface area contributed by atoms with Gasteiger partial charge in [0.15, 0.2) is 0 Å². The summed E-state index contributed by atoms with van der Waals surface area (Å²) in [6.07, 6.45) is 0. The first-order valence-electron chi connectivity index (χ1n) is 9.10. The van der Waals surface area contributed by atoms with Crippen LogP contribution in [0.2, 0.25) is 0 Å². The summed E-state index contributed by atoms with van der Waals surface area (Å²) in [7, 11) is 0. The van der Waals surface area contributed by atoms with Gasteiger partial charge in [0.2, 0.25) is 5.91 Å². The van der Waals surface area contributed by atoms with Gasteiger partial charge in [-0.2, -0.15) is 0 Å². The van der Waals surface area contributed by atoms with Crippen LogP contribution in [0, 0.1) is 0 Å². The standard InChI is InChI=1S/C20H33N3O2/c1-7-23(8-2)14-13-21-18(24)15(3)22-19(25)16-9-11-17(12-10-16)20(4,5)6/h9-12,15H,7-8,13-14H2,1-6H3,(H,21,24)(H,22,25). The number of carbonyl (C=O) groups excluding carboxylic acids is 2. The van der Waals surface area contributed by atoms with Crippen molar-refractivity contribution in [3.8, 4) is 0 Å². The molecule has 1 unspecified atom stereocenters. The molecule has 1 rings (SSSR count). The molecule has 5 nitrogen and oxygen atoms in total. The van der Waals surface area contributed by atoms with Crippen molar-refractivity contribution in [1.82, 2.24) is 15.5 Å². The summed E-state index contributed by atoms with van der Waals surface area (Å²) in [5.74, 6) is -0.390. The van der Waals surface area contributed by atoms with Crippen LogP contribution in [0.5, 0.6) is 0 Å². The minimum Gasteiger partial charge on any atom is -0.353 e. The molecule has 0 radical (unpaired) electrons. The van der Waals surface area contributed by atoms with E-state index in [2.05, 4.69) is 50.2 Å². The number of hydrogen-bond donors (Lipinski definition) is 2. The molecule has 0 saturated heterocycles. The van der Waals surface area contributed by atoms with Crippen molar-refractivity contribution in [2.24, 2.45) is 0 Å². The van der Waals surface area contributed by atoms with Crippen molar-refractivity contribution in [3.63, 3.8) is 0 Å². The summed E-state index contributed by atoms with van der Waals surface area (Å²) in [6.45, 7) is 15.6. The number of hydrogen-bond acceptors (Lipinski definition) is 3. The third kappa shape index (κ3) is 6.86. The topological polar surface area (TPSA) is 61.4 Å². The van der Waals surface area contributed by atoms with E-state index >= 15 is 0 Å². The maximum atomic E-state index is 12.3. The van der Waals surface area contributed by atoms with Gasteiger partial charge in [-0.1, -0.05) is 46.8 Å². The summed E-state index contributed by atoms with van der Waals surface area (Å²) in [6, 6.07) is 6.97. The van der Waals surface area contributed by atoms with Gasteiger partial charge in [-0.25, -0.2) is 0 Å². The van der Waals surface area contributed by atoms with Crippen molar-refractivity contribution >= 4 is 11.8 Å². The van der Waals surface area contributed by atoms with Crippen LogP contribution in [0.4, 0.5) is 0 Å². The summed E-state index contributed by atoms with van der Waals surface area (Å²) >= 11 is 0. The first-order valence-corrected chi connectivity index (χ1v) is 9.10. The molecule has 0 spiro atoms. The summed E-state index contributed by atoms with van der Waals surface area (Å²) in [5.41, 5.74) is 1.79. The van der Waals surface area contributed by atoms with Gasteiger partial charge in [0.1, 0.15) is 6.04 Å². The van der Waals surface area contributed by atoms with E-state index in [1.807, 2.05) is 12.1 Å². The highest BCUT2D eigenvalue weighted by molar-refractivity contribution is 5.97. The minimum absolute atomic E-state index is 0.0487. The fraction of sp³-hybridized carbons (Fsp3) is 0.600. The summed E-state index contributed by atoms with van der Waals surface area (Å²) < 4.78 is 0. The van der Waals surface area contributed by atoms with Gasteiger partial charge in [-0.05, 0) is 43.1 Å². The monoisotopic (exact) mass is 347 g/mol. The fourth-order valence-corrected chi connectivity index (χ4v) is 2.50. The third-order valence-corrected chi connectivity index (χ3v) is 4.38. The minimum atomic E-state index is -0.563. The number of carbonyl (C=O) groups is 2. The lowest BCUT2D eigenvalue weighted by Crippen LogP contribution is -2.46. The Morgan fingerprint density at radius 3 is 2.12 bits per heavy atom. The lowest BCUT2D eigenvalue weighted by Gasteiger charge is -2.20. The van der Waals surface area contributed by atoms with Crippen LogP contribution in [-0.4, -0.2) is 48.9 Å². The Balaban J connectivity index is 2.51. The zero-order valence-corrected chi connectivity index (χ0v) is 16.5. The molecule has 0 fully saturated rings. The number of nitrogens with one attached hydrogen (secondary N) is 2. The van der Waals surface area contributed by atoms with Gasteiger partial charge in [-0.3, -0.25) is 9.59 Å². The molecule has 0 bridgehead atoms. The Morgan fingerprint density at radius 1 is 1.08 bits per heavy atom. The fourth-order valence-electron chi connectivity index (χ4n) is 2.50. The normalized spacial score (nSPS) is 12.8. The van der Waals surface area contributed by atoms with Gasteiger partial charge < -0.3 is 15.5 Å². The average Bonchev–Trinajstić information content (AvgIpc) is 2.57. The van der Waals surface area contributed by atoms with E-state index < -0.39 is 6.04 Å². The van der Waals surface area contributed by atoms with Gasteiger partial charge in [0.05, 0.1) is 0 Å². The van der Waals surface area contributed by atoms with E-state index in [9.17, 15) is 9.59 Å². The third-order valence-electron chi connectivity index (χ3n) is 4.38. The maximum Gasteiger partial charge on any atom is 0.251 e. The molecule has 0 aliphatic rings. The lowest BCUT2D eigenvalue weighted by molar-refractivity contribution is -0.122. The Kier molecular flexibility index (Phi) is 8.10. The van der Waals surface area contributed by atoms with Crippen LogP contribution in [0.3, 0.4) is 0 Å². The van der Waals surface area contributed by atoms with Gasteiger partial charge >= 0.3 is 0 Å². The predicted molar refractivity (Wildman–Crippen MR) is 103 cm³/mol. The number of amides is 2. The lowest BCUT2D eigenvalue weighted by atomic mass is 9.86. The molecule has 2 amide bonds. The molecule has 1 aromatic rings. The van der Waals surface area contributed by atoms with E-state index in [1.165, 1.54) is 5.56 Å². The maximum absolute atomic E-state index is 12.3. The van der Waals surface area contributed by atoms with Gasteiger partial charge in [0, 0.05) is 18.7 Å². The average molecular weight is 348 g/mol. The first-order chi connectivity index (χ1) is 11.7. The Bertz CT molecular complexity index is 557. The molecule has 2 N–H and O–H groups in total. The number of nitrogens with zero attached hydrogens (tertiary/aromatic N) is 1. The largest absolute Gasteiger partial charge is 0.353 e. The van der Waals surface area contributed by atoms with Crippen LogP contribution in [0.15, 0.2) is 24.3 Å². The zero-order valence-electron chi connectivity index (χ0n) is 16.5. The second-order valence-electron chi connectivity index (χ2n) is 7.34. The van der Waals surface area contributed by atoms with Crippen LogP contribution < -0.4 is 10.6 Å². The van der Waals surface area contributed by atoms with Crippen molar-refractivity contribution in [3.05, 3.63) is 35.4 Å². The number of benzene rings is 1. The molecular weight excluding hydrogens is 314 g/mol. The molecule has 0 heterocycles. The van der Waals surface area contributed by atoms with E-state index in [4.69, 9.17) is 0 Å². The van der Waals surface area contributed by atoms with E-state index in [1.54, 1.807) is 19.1 Å². The highest BCUT2D eigenvalue weighted by Crippen LogP contribution is 2.22. The summed E-state index contributed by atoms with van der Waals surface area (Å²) in [5, 5.41) is 5.63. The molecule has 25 heavy (non-hydrogen) atoms. The van der Waals surface area contributed by atoms with E-state index in [0.29, 0.717) is 12.1 Å². The van der Waals surface area contributed by atoms with Gasteiger partial charge in [0.25, 0.3) is 5.91 Å². The zero-order chi connectivity index (χ0) is 19.0. The highest BCUT2D eigenvalue weighted by atomic mass is 16.2. The Morgan fingerprint density at radius 2 is 1.64 bits per heavy atom. The SMILES string of the molecule is CCN(CC)CCNC(=O)C(C)NC(=O)c1ccc(C(C)(C)C)cc1. The van der Waals surface area contributed by atoms with Crippen LogP contribution in [0.1, 0.15) is 57.5 Å². The Hall–Kier alpha value is -1.88. The molecular formula is C20H33N3O2. The van der Waals surface area contributed by atoms with Gasteiger partial charge in [-0.15, -0.1) is 0 Å². The smallest absolute Gasteiger partial charge is 0.251 e. The molecule has 1 atom stereocenters. The first kappa shape index (κ1) is 21.2. The molecule has 1 aromatic carbocycles. The molecule has 0 aliphatic heterocycles. The summed E-state index contributed by atoms with van der Waals surface area (Å²) in [4.78, 5) is 26.6.